The summed E-state index contributed by atoms with van der Waals surface area (Å²) >= 11 is 0. The molecule has 2 aromatic carbocycles. The molecule has 0 spiro atoms. The SMILES string of the molecule is C#Cc1cccc(Nc2ncnc3ccc(CC(=O)CCN4CCN(C(C)C)CC4)cc23)c1. The normalized spacial score (nSPS) is 15.0. The average molecular weight is 442 g/mol. The molecule has 1 aromatic heterocycles. The fourth-order valence-corrected chi connectivity index (χ4v) is 4.24. The number of Topliss-reactive ketones (excluding diaryl/α,β-unsaturated/α-hetero) is 1. The Kier molecular flexibility index (Phi) is 7.33. The molecule has 2 heterocycles. The minimum Gasteiger partial charge on any atom is -0.340 e. The van der Waals surface area contributed by atoms with E-state index in [4.69, 9.17) is 6.42 Å². The van der Waals surface area contributed by atoms with Crippen molar-refractivity contribution in [1.29, 1.82) is 0 Å². The summed E-state index contributed by atoms with van der Waals surface area (Å²) in [6.07, 6.45) is 8.06. The highest BCUT2D eigenvalue weighted by atomic mass is 16.1. The van der Waals surface area contributed by atoms with Gasteiger partial charge in [0.1, 0.15) is 17.9 Å². The van der Waals surface area contributed by atoms with Gasteiger partial charge in [0.25, 0.3) is 0 Å². The van der Waals surface area contributed by atoms with Crippen LogP contribution < -0.4 is 5.32 Å². The molecular weight excluding hydrogens is 410 g/mol. The summed E-state index contributed by atoms with van der Waals surface area (Å²) in [6, 6.07) is 14.2. The highest BCUT2D eigenvalue weighted by Crippen LogP contribution is 2.25. The molecule has 4 rings (SSSR count). The fraction of sp³-hybridized carbons (Fsp3) is 0.370. The quantitative estimate of drug-likeness (QED) is 0.536. The van der Waals surface area contributed by atoms with Gasteiger partial charge in [-0.1, -0.05) is 18.1 Å². The van der Waals surface area contributed by atoms with Crippen LogP contribution in [0.3, 0.4) is 0 Å². The minimum atomic E-state index is 0.258. The molecule has 1 N–H and O–H groups in total. The number of aromatic nitrogens is 2. The molecule has 1 aliphatic rings. The maximum Gasteiger partial charge on any atom is 0.141 e. The first-order valence-electron chi connectivity index (χ1n) is 11.6. The van der Waals surface area contributed by atoms with Crippen molar-refractivity contribution in [3.05, 3.63) is 59.9 Å². The molecule has 0 bridgehead atoms. The second-order valence-corrected chi connectivity index (χ2v) is 8.86. The lowest BCUT2D eigenvalue weighted by Gasteiger charge is -2.36. The third kappa shape index (κ3) is 5.95. The molecule has 0 aliphatic carbocycles. The summed E-state index contributed by atoms with van der Waals surface area (Å²) in [5.74, 6) is 3.61. The molecule has 1 saturated heterocycles. The second-order valence-electron chi connectivity index (χ2n) is 8.86. The van der Waals surface area contributed by atoms with Crippen LogP contribution in [-0.4, -0.2) is 64.3 Å². The van der Waals surface area contributed by atoms with Crippen LogP contribution in [0.5, 0.6) is 0 Å². The molecule has 0 amide bonds. The van der Waals surface area contributed by atoms with Gasteiger partial charge in [-0.25, -0.2) is 9.97 Å². The maximum atomic E-state index is 12.7. The molecule has 3 aromatic rings. The van der Waals surface area contributed by atoms with Crippen LogP contribution >= 0.6 is 0 Å². The van der Waals surface area contributed by atoms with Crippen LogP contribution in [0, 0.1) is 12.3 Å². The molecule has 170 valence electrons. The molecule has 0 atom stereocenters. The number of terminal acetylenes is 1. The molecule has 6 heteroatoms. The first-order chi connectivity index (χ1) is 16.0. The summed E-state index contributed by atoms with van der Waals surface area (Å²) in [7, 11) is 0. The molecule has 1 fully saturated rings. The van der Waals surface area contributed by atoms with Crippen LogP contribution in [-0.2, 0) is 11.2 Å². The molecule has 6 nitrogen and oxygen atoms in total. The van der Waals surface area contributed by atoms with Gasteiger partial charge in [-0.2, -0.15) is 0 Å². The molecule has 33 heavy (non-hydrogen) atoms. The predicted octanol–water partition coefficient (Wildman–Crippen LogP) is 3.88. The van der Waals surface area contributed by atoms with Crippen LogP contribution in [0.15, 0.2) is 48.8 Å². The zero-order valence-electron chi connectivity index (χ0n) is 19.4. The van der Waals surface area contributed by atoms with Gasteiger partial charge in [0.05, 0.1) is 5.52 Å². The van der Waals surface area contributed by atoms with Gasteiger partial charge in [0.2, 0.25) is 0 Å². The van der Waals surface area contributed by atoms with Crippen molar-refractivity contribution < 1.29 is 4.79 Å². The summed E-state index contributed by atoms with van der Waals surface area (Å²) < 4.78 is 0. The van der Waals surface area contributed by atoms with E-state index in [1.54, 1.807) is 6.33 Å². The van der Waals surface area contributed by atoms with Crippen molar-refractivity contribution in [2.24, 2.45) is 0 Å². The Morgan fingerprint density at radius 2 is 1.94 bits per heavy atom. The number of piperazine rings is 1. The van der Waals surface area contributed by atoms with Gasteiger partial charge in [-0.05, 0) is 49.7 Å². The summed E-state index contributed by atoms with van der Waals surface area (Å²) in [5.41, 5.74) is 3.48. The van der Waals surface area contributed by atoms with Crippen molar-refractivity contribution in [2.75, 3.05) is 38.0 Å². The van der Waals surface area contributed by atoms with E-state index in [9.17, 15) is 4.79 Å². The maximum absolute atomic E-state index is 12.7. The third-order valence-corrected chi connectivity index (χ3v) is 6.24. The van der Waals surface area contributed by atoms with Gasteiger partial charge in [0.15, 0.2) is 0 Å². The monoisotopic (exact) mass is 441 g/mol. The summed E-state index contributed by atoms with van der Waals surface area (Å²) in [5, 5.41) is 4.23. The van der Waals surface area contributed by atoms with E-state index in [1.807, 2.05) is 42.5 Å². The smallest absolute Gasteiger partial charge is 0.141 e. The molecule has 0 saturated carbocycles. The van der Waals surface area contributed by atoms with E-state index >= 15 is 0 Å². The standard InChI is InChI=1S/C27H31N5O/c1-4-21-6-5-7-23(16-21)30-27-25-18-22(8-9-26(25)28-19-29-27)17-24(33)10-11-31-12-14-32(15-13-31)20(2)3/h1,5-9,16,18-20H,10-15,17H2,2-3H3,(H,28,29,30). The largest absolute Gasteiger partial charge is 0.340 e. The van der Waals surface area contributed by atoms with Gasteiger partial charge in [0, 0.05) is 68.2 Å². The highest BCUT2D eigenvalue weighted by Gasteiger charge is 2.19. The second kappa shape index (κ2) is 10.6. The number of anilines is 2. The first kappa shape index (κ1) is 22.9. The molecular formula is C27H31N5O. The minimum absolute atomic E-state index is 0.258. The average Bonchev–Trinajstić information content (AvgIpc) is 2.83. The van der Waals surface area contributed by atoms with Crippen LogP contribution in [0.25, 0.3) is 10.9 Å². The van der Waals surface area contributed by atoms with Crippen LogP contribution in [0.1, 0.15) is 31.4 Å². The Morgan fingerprint density at radius 1 is 1.12 bits per heavy atom. The Morgan fingerprint density at radius 3 is 2.70 bits per heavy atom. The van der Waals surface area contributed by atoms with Gasteiger partial charge < -0.3 is 10.2 Å². The van der Waals surface area contributed by atoms with E-state index in [0.29, 0.717) is 24.7 Å². The zero-order chi connectivity index (χ0) is 23.2. The predicted molar refractivity (Wildman–Crippen MR) is 134 cm³/mol. The fourth-order valence-electron chi connectivity index (χ4n) is 4.24. The lowest BCUT2D eigenvalue weighted by Crippen LogP contribution is -2.49. The van der Waals surface area contributed by atoms with Crippen molar-refractivity contribution in [1.82, 2.24) is 19.8 Å². The number of ketones is 1. The number of fused-ring (bicyclic) bond motifs is 1. The number of hydrogen-bond donors (Lipinski definition) is 1. The Balaban J connectivity index is 1.39. The topological polar surface area (TPSA) is 61.4 Å². The lowest BCUT2D eigenvalue weighted by atomic mass is 10.0. The zero-order valence-corrected chi connectivity index (χ0v) is 19.4. The number of hydrogen-bond acceptors (Lipinski definition) is 6. The Hall–Kier alpha value is -3.27. The van der Waals surface area contributed by atoms with E-state index in [2.05, 4.69) is 44.9 Å². The van der Waals surface area contributed by atoms with Crippen molar-refractivity contribution in [2.45, 2.75) is 32.7 Å². The number of nitrogens with one attached hydrogen (secondary N) is 1. The summed E-state index contributed by atoms with van der Waals surface area (Å²) in [4.78, 5) is 26.4. The Labute approximate surface area is 196 Å². The van der Waals surface area contributed by atoms with Crippen molar-refractivity contribution in [3.63, 3.8) is 0 Å². The third-order valence-electron chi connectivity index (χ3n) is 6.24. The van der Waals surface area contributed by atoms with E-state index in [-0.39, 0.29) is 5.78 Å². The molecule has 0 radical (unpaired) electrons. The van der Waals surface area contributed by atoms with Crippen molar-refractivity contribution in [3.8, 4) is 12.3 Å². The number of nitrogens with zero attached hydrogens (tertiary/aromatic N) is 4. The molecule has 1 aliphatic heterocycles. The highest BCUT2D eigenvalue weighted by molar-refractivity contribution is 5.92. The summed E-state index contributed by atoms with van der Waals surface area (Å²) in [6.45, 7) is 9.54. The van der Waals surface area contributed by atoms with Crippen LogP contribution in [0.4, 0.5) is 11.5 Å². The van der Waals surface area contributed by atoms with Gasteiger partial charge in [-0.3, -0.25) is 9.69 Å². The first-order valence-corrected chi connectivity index (χ1v) is 11.6. The van der Waals surface area contributed by atoms with E-state index in [0.717, 1.165) is 60.4 Å². The van der Waals surface area contributed by atoms with Crippen molar-refractivity contribution >= 4 is 28.2 Å². The Bertz CT molecular complexity index is 1160. The van der Waals surface area contributed by atoms with Crippen LogP contribution in [0.2, 0.25) is 0 Å². The van der Waals surface area contributed by atoms with E-state index < -0.39 is 0 Å². The molecule has 0 unspecified atom stereocenters. The van der Waals surface area contributed by atoms with E-state index in [1.165, 1.54) is 0 Å². The number of benzene rings is 2. The number of carbonyl (C=O) groups excluding carboxylic acids is 1. The number of rotatable bonds is 8. The van der Waals surface area contributed by atoms with Gasteiger partial charge >= 0.3 is 0 Å². The van der Waals surface area contributed by atoms with Gasteiger partial charge in [-0.15, -0.1) is 6.42 Å². The number of carbonyl (C=O) groups is 1. The lowest BCUT2D eigenvalue weighted by molar-refractivity contribution is -0.118.